The predicted molar refractivity (Wildman–Crippen MR) is 73.9 cm³/mol. The molecule has 96 valence electrons. The van der Waals surface area contributed by atoms with Crippen molar-refractivity contribution in [3.63, 3.8) is 0 Å². The Balaban J connectivity index is 2.59. The van der Waals surface area contributed by atoms with Crippen molar-refractivity contribution in [3.05, 3.63) is 35.9 Å². The molecule has 0 spiro atoms. The number of carbonyl (C=O) groups excluding carboxylic acids is 1. The summed E-state index contributed by atoms with van der Waals surface area (Å²) in [6.45, 7) is 4.21. The molecule has 3 heteroatoms. The van der Waals surface area contributed by atoms with Gasteiger partial charge in [-0.3, -0.25) is 10.1 Å². The zero-order valence-electron chi connectivity index (χ0n) is 10.9. The largest absolute Gasteiger partial charge is 0.344 e. The van der Waals surface area contributed by atoms with E-state index in [1.165, 1.54) is 5.56 Å². The molecular formula is C15H20N2O. The molecule has 18 heavy (non-hydrogen) atoms. The maximum Gasteiger partial charge on any atom is 0.237 e. The maximum atomic E-state index is 11.7. The molecule has 2 N–H and O–H groups in total. The minimum absolute atomic E-state index is 0.0673. The van der Waals surface area contributed by atoms with Crippen molar-refractivity contribution < 1.29 is 4.79 Å². The molecule has 1 amide bonds. The van der Waals surface area contributed by atoms with Crippen LogP contribution in [0.25, 0.3) is 0 Å². The molecule has 0 aliphatic carbocycles. The van der Waals surface area contributed by atoms with Gasteiger partial charge in [0.15, 0.2) is 0 Å². The van der Waals surface area contributed by atoms with E-state index in [1.807, 2.05) is 25.1 Å². The zero-order valence-corrected chi connectivity index (χ0v) is 10.9. The monoisotopic (exact) mass is 244 g/mol. The Kier molecular flexibility index (Phi) is 5.96. The molecule has 0 bridgehead atoms. The average Bonchev–Trinajstić information content (AvgIpc) is 2.42. The lowest BCUT2D eigenvalue weighted by Crippen LogP contribution is -2.43. The highest BCUT2D eigenvalue weighted by molar-refractivity contribution is 5.81. The van der Waals surface area contributed by atoms with Gasteiger partial charge in [-0.1, -0.05) is 43.2 Å². The molecule has 0 fully saturated rings. The van der Waals surface area contributed by atoms with E-state index in [0.717, 1.165) is 6.42 Å². The van der Waals surface area contributed by atoms with Crippen LogP contribution >= 0.6 is 0 Å². The molecule has 0 aliphatic rings. The number of carbonyl (C=O) groups is 1. The number of amides is 1. The predicted octanol–water partition coefficient (Wildman–Crippen LogP) is 1.87. The quantitative estimate of drug-likeness (QED) is 0.750. The Labute approximate surface area is 109 Å². The highest BCUT2D eigenvalue weighted by Crippen LogP contribution is 2.16. The Morgan fingerprint density at radius 2 is 2.06 bits per heavy atom. The lowest BCUT2D eigenvalue weighted by atomic mass is 10.0. The van der Waals surface area contributed by atoms with E-state index in [0.29, 0.717) is 0 Å². The SMILES string of the molecule is C#CCNC(=O)C(C)NC(CC)c1ccccc1. The van der Waals surface area contributed by atoms with Crippen LogP contribution in [0.5, 0.6) is 0 Å². The Morgan fingerprint density at radius 1 is 1.39 bits per heavy atom. The van der Waals surface area contributed by atoms with Crippen LogP contribution in [-0.2, 0) is 4.79 Å². The second kappa shape index (κ2) is 7.52. The Hall–Kier alpha value is -1.79. The van der Waals surface area contributed by atoms with Crippen molar-refractivity contribution in [2.24, 2.45) is 0 Å². The fourth-order valence-corrected chi connectivity index (χ4v) is 1.80. The molecule has 0 saturated carbocycles. The lowest BCUT2D eigenvalue weighted by molar-refractivity contribution is -0.122. The average molecular weight is 244 g/mol. The summed E-state index contributed by atoms with van der Waals surface area (Å²) in [7, 11) is 0. The molecule has 0 aromatic heterocycles. The third-order valence-electron chi connectivity index (χ3n) is 2.82. The summed E-state index contributed by atoms with van der Waals surface area (Å²) in [5.41, 5.74) is 1.19. The number of hydrogen-bond acceptors (Lipinski definition) is 2. The Bertz CT molecular complexity index is 408. The van der Waals surface area contributed by atoms with E-state index >= 15 is 0 Å². The van der Waals surface area contributed by atoms with Gasteiger partial charge in [0.1, 0.15) is 0 Å². The number of terminal acetylenes is 1. The second-order valence-electron chi connectivity index (χ2n) is 4.18. The summed E-state index contributed by atoms with van der Waals surface area (Å²) in [5.74, 6) is 2.33. The van der Waals surface area contributed by atoms with Gasteiger partial charge in [-0.25, -0.2) is 0 Å². The molecule has 0 radical (unpaired) electrons. The van der Waals surface area contributed by atoms with Crippen LogP contribution in [0.1, 0.15) is 31.9 Å². The summed E-state index contributed by atoms with van der Waals surface area (Å²) in [4.78, 5) is 11.7. The van der Waals surface area contributed by atoms with Gasteiger partial charge in [-0.05, 0) is 18.9 Å². The van der Waals surface area contributed by atoms with Crippen LogP contribution in [0.3, 0.4) is 0 Å². The first-order valence-electron chi connectivity index (χ1n) is 6.21. The minimum atomic E-state index is -0.261. The topological polar surface area (TPSA) is 41.1 Å². The van der Waals surface area contributed by atoms with Crippen molar-refractivity contribution in [1.29, 1.82) is 0 Å². The summed E-state index contributed by atoms with van der Waals surface area (Å²) in [6.07, 6.45) is 6.04. The van der Waals surface area contributed by atoms with E-state index in [9.17, 15) is 4.79 Å². The first kappa shape index (κ1) is 14.3. The van der Waals surface area contributed by atoms with Gasteiger partial charge in [0.05, 0.1) is 12.6 Å². The van der Waals surface area contributed by atoms with Crippen LogP contribution in [0.4, 0.5) is 0 Å². The fourth-order valence-electron chi connectivity index (χ4n) is 1.80. The Morgan fingerprint density at radius 3 is 2.61 bits per heavy atom. The van der Waals surface area contributed by atoms with Crippen molar-refractivity contribution in [2.75, 3.05) is 6.54 Å². The lowest BCUT2D eigenvalue weighted by Gasteiger charge is -2.22. The normalized spacial score (nSPS) is 13.4. The molecular weight excluding hydrogens is 224 g/mol. The van der Waals surface area contributed by atoms with Crippen LogP contribution < -0.4 is 10.6 Å². The van der Waals surface area contributed by atoms with E-state index in [-0.39, 0.29) is 24.5 Å². The van der Waals surface area contributed by atoms with E-state index in [2.05, 4.69) is 35.6 Å². The number of hydrogen-bond donors (Lipinski definition) is 2. The molecule has 0 aliphatic heterocycles. The van der Waals surface area contributed by atoms with Gasteiger partial charge in [0, 0.05) is 6.04 Å². The minimum Gasteiger partial charge on any atom is -0.344 e. The van der Waals surface area contributed by atoms with Crippen molar-refractivity contribution in [3.8, 4) is 12.3 Å². The third kappa shape index (κ3) is 4.23. The van der Waals surface area contributed by atoms with Gasteiger partial charge in [-0.15, -0.1) is 6.42 Å². The van der Waals surface area contributed by atoms with E-state index < -0.39 is 0 Å². The number of rotatable bonds is 6. The van der Waals surface area contributed by atoms with Crippen LogP contribution in [-0.4, -0.2) is 18.5 Å². The zero-order chi connectivity index (χ0) is 13.4. The van der Waals surface area contributed by atoms with Crippen LogP contribution in [0.2, 0.25) is 0 Å². The summed E-state index contributed by atoms with van der Waals surface area (Å²) >= 11 is 0. The summed E-state index contributed by atoms with van der Waals surface area (Å²) < 4.78 is 0. The van der Waals surface area contributed by atoms with Crippen molar-refractivity contribution in [2.45, 2.75) is 32.4 Å². The summed E-state index contributed by atoms with van der Waals surface area (Å²) in [6, 6.07) is 10.0. The summed E-state index contributed by atoms with van der Waals surface area (Å²) in [5, 5.41) is 5.99. The maximum absolute atomic E-state index is 11.7. The van der Waals surface area contributed by atoms with Crippen molar-refractivity contribution >= 4 is 5.91 Å². The van der Waals surface area contributed by atoms with Gasteiger partial charge in [-0.2, -0.15) is 0 Å². The highest BCUT2D eigenvalue weighted by atomic mass is 16.2. The molecule has 0 saturated heterocycles. The smallest absolute Gasteiger partial charge is 0.237 e. The first-order valence-corrected chi connectivity index (χ1v) is 6.21. The van der Waals surface area contributed by atoms with E-state index in [1.54, 1.807) is 0 Å². The van der Waals surface area contributed by atoms with E-state index in [4.69, 9.17) is 6.42 Å². The van der Waals surface area contributed by atoms with Gasteiger partial charge >= 0.3 is 0 Å². The third-order valence-corrected chi connectivity index (χ3v) is 2.82. The standard InChI is InChI=1S/C15H20N2O/c1-4-11-16-15(18)12(3)17-14(5-2)13-9-7-6-8-10-13/h1,6-10,12,14,17H,5,11H2,2-3H3,(H,16,18). The van der Waals surface area contributed by atoms with Gasteiger partial charge < -0.3 is 5.32 Å². The van der Waals surface area contributed by atoms with Crippen LogP contribution in [0, 0.1) is 12.3 Å². The number of benzene rings is 1. The molecule has 1 aromatic rings. The van der Waals surface area contributed by atoms with Gasteiger partial charge in [0.2, 0.25) is 5.91 Å². The molecule has 0 heterocycles. The molecule has 1 rings (SSSR count). The highest BCUT2D eigenvalue weighted by Gasteiger charge is 2.17. The van der Waals surface area contributed by atoms with Gasteiger partial charge in [0.25, 0.3) is 0 Å². The van der Waals surface area contributed by atoms with Crippen molar-refractivity contribution in [1.82, 2.24) is 10.6 Å². The molecule has 2 unspecified atom stereocenters. The molecule has 2 atom stereocenters. The number of nitrogens with one attached hydrogen (secondary N) is 2. The molecule has 3 nitrogen and oxygen atoms in total. The second-order valence-corrected chi connectivity index (χ2v) is 4.18. The fraction of sp³-hybridized carbons (Fsp3) is 0.400. The first-order chi connectivity index (χ1) is 8.69. The van der Waals surface area contributed by atoms with Crippen LogP contribution in [0.15, 0.2) is 30.3 Å². The molecule has 1 aromatic carbocycles.